The first-order valence-corrected chi connectivity index (χ1v) is 5.78. The van der Waals surface area contributed by atoms with E-state index in [1.165, 1.54) is 18.5 Å². The van der Waals surface area contributed by atoms with E-state index in [1.807, 2.05) is 6.07 Å². The van der Waals surface area contributed by atoms with Crippen LogP contribution >= 0.6 is 15.9 Å². The smallest absolute Gasteiger partial charge is 0.142 e. The molecule has 0 aliphatic rings. The molecule has 3 rings (SSSR count). The predicted molar refractivity (Wildman–Crippen MR) is 67.0 cm³/mol. The SMILES string of the molecule is Fc1cccc(-c2ncnc3[nH]cc(Br)c23)c1. The van der Waals surface area contributed by atoms with Crippen LogP contribution in [0.5, 0.6) is 0 Å². The second-order valence-corrected chi connectivity index (χ2v) is 4.45. The van der Waals surface area contributed by atoms with Gasteiger partial charge in [0.25, 0.3) is 0 Å². The van der Waals surface area contributed by atoms with E-state index < -0.39 is 0 Å². The molecule has 2 heterocycles. The lowest BCUT2D eigenvalue weighted by Crippen LogP contribution is -1.88. The van der Waals surface area contributed by atoms with Crippen LogP contribution < -0.4 is 0 Å². The third-order valence-electron chi connectivity index (χ3n) is 2.52. The summed E-state index contributed by atoms with van der Waals surface area (Å²) in [7, 11) is 0. The largest absolute Gasteiger partial charge is 0.345 e. The number of hydrogen-bond acceptors (Lipinski definition) is 2. The number of fused-ring (bicyclic) bond motifs is 1. The summed E-state index contributed by atoms with van der Waals surface area (Å²) in [4.78, 5) is 11.4. The van der Waals surface area contributed by atoms with Gasteiger partial charge in [0.15, 0.2) is 0 Å². The Balaban J connectivity index is 2.33. The van der Waals surface area contributed by atoms with Gasteiger partial charge in [-0.15, -0.1) is 0 Å². The highest BCUT2D eigenvalue weighted by molar-refractivity contribution is 9.10. The van der Waals surface area contributed by atoms with Gasteiger partial charge < -0.3 is 4.98 Å². The lowest BCUT2D eigenvalue weighted by molar-refractivity contribution is 0.628. The van der Waals surface area contributed by atoms with Crippen LogP contribution in [0.15, 0.2) is 41.3 Å². The first kappa shape index (κ1) is 10.4. The van der Waals surface area contributed by atoms with Crippen LogP contribution in [-0.4, -0.2) is 15.0 Å². The Kier molecular flexibility index (Phi) is 2.40. The summed E-state index contributed by atoms with van der Waals surface area (Å²) in [6.07, 6.45) is 3.26. The van der Waals surface area contributed by atoms with E-state index in [4.69, 9.17) is 0 Å². The molecule has 84 valence electrons. The molecule has 0 saturated carbocycles. The van der Waals surface area contributed by atoms with Crippen LogP contribution in [0.25, 0.3) is 22.3 Å². The second kappa shape index (κ2) is 3.92. The summed E-state index contributed by atoms with van der Waals surface area (Å²) in [5, 5.41) is 0.859. The predicted octanol–water partition coefficient (Wildman–Crippen LogP) is 3.53. The molecular formula is C12H7BrFN3. The topological polar surface area (TPSA) is 41.6 Å². The highest BCUT2D eigenvalue weighted by Crippen LogP contribution is 2.31. The van der Waals surface area contributed by atoms with E-state index >= 15 is 0 Å². The molecule has 0 spiro atoms. The molecule has 5 heteroatoms. The molecule has 0 unspecified atom stereocenters. The van der Waals surface area contributed by atoms with Gasteiger partial charge in [-0.25, -0.2) is 14.4 Å². The van der Waals surface area contributed by atoms with Crippen molar-refractivity contribution in [2.75, 3.05) is 0 Å². The molecule has 0 radical (unpaired) electrons. The van der Waals surface area contributed by atoms with Crippen molar-refractivity contribution in [1.82, 2.24) is 15.0 Å². The van der Waals surface area contributed by atoms with Gasteiger partial charge in [-0.1, -0.05) is 12.1 Å². The highest BCUT2D eigenvalue weighted by atomic mass is 79.9. The van der Waals surface area contributed by atoms with Crippen molar-refractivity contribution < 1.29 is 4.39 Å². The van der Waals surface area contributed by atoms with Crippen LogP contribution in [0.1, 0.15) is 0 Å². The van der Waals surface area contributed by atoms with Crippen molar-refractivity contribution in [3.63, 3.8) is 0 Å². The Morgan fingerprint density at radius 2 is 2.12 bits per heavy atom. The lowest BCUT2D eigenvalue weighted by Gasteiger charge is -2.02. The van der Waals surface area contributed by atoms with Crippen molar-refractivity contribution >= 4 is 27.0 Å². The van der Waals surface area contributed by atoms with E-state index in [0.29, 0.717) is 5.69 Å². The van der Waals surface area contributed by atoms with Gasteiger partial charge in [0.1, 0.15) is 17.8 Å². The summed E-state index contributed by atoms with van der Waals surface area (Å²) in [6, 6.07) is 6.36. The number of H-pyrrole nitrogens is 1. The van der Waals surface area contributed by atoms with Crippen LogP contribution in [0.4, 0.5) is 4.39 Å². The molecule has 1 aromatic carbocycles. The summed E-state index contributed by atoms with van der Waals surface area (Å²) in [5.41, 5.74) is 2.17. The van der Waals surface area contributed by atoms with Crippen molar-refractivity contribution in [1.29, 1.82) is 0 Å². The fourth-order valence-corrected chi connectivity index (χ4v) is 2.27. The fourth-order valence-electron chi connectivity index (χ4n) is 1.78. The number of rotatable bonds is 1. The molecule has 3 nitrogen and oxygen atoms in total. The minimum Gasteiger partial charge on any atom is -0.345 e. The molecule has 2 aromatic heterocycles. The fraction of sp³-hybridized carbons (Fsp3) is 0. The Hall–Kier alpha value is -1.75. The molecule has 17 heavy (non-hydrogen) atoms. The molecule has 3 aromatic rings. The van der Waals surface area contributed by atoms with Gasteiger partial charge in [-0.2, -0.15) is 0 Å². The van der Waals surface area contributed by atoms with Crippen molar-refractivity contribution in [2.45, 2.75) is 0 Å². The Labute approximate surface area is 105 Å². The Bertz CT molecular complexity index is 693. The Morgan fingerprint density at radius 1 is 1.24 bits per heavy atom. The maximum atomic E-state index is 13.2. The maximum absolute atomic E-state index is 13.2. The number of aromatic amines is 1. The molecule has 0 bridgehead atoms. The number of halogens is 2. The first-order chi connectivity index (χ1) is 8.25. The lowest BCUT2D eigenvalue weighted by atomic mass is 10.1. The molecule has 0 fully saturated rings. The molecule has 0 amide bonds. The van der Waals surface area contributed by atoms with Crippen LogP contribution in [-0.2, 0) is 0 Å². The van der Waals surface area contributed by atoms with Crippen LogP contribution in [0.3, 0.4) is 0 Å². The van der Waals surface area contributed by atoms with E-state index in [1.54, 1.807) is 12.3 Å². The van der Waals surface area contributed by atoms with E-state index in [2.05, 4.69) is 30.9 Å². The summed E-state index contributed by atoms with van der Waals surface area (Å²) >= 11 is 3.43. The Morgan fingerprint density at radius 3 is 2.94 bits per heavy atom. The van der Waals surface area contributed by atoms with Gasteiger partial charge in [-0.05, 0) is 28.1 Å². The molecule has 0 aliphatic heterocycles. The number of hydrogen-bond donors (Lipinski definition) is 1. The van der Waals surface area contributed by atoms with Crippen LogP contribution in [0, 0.1) is 5.82 Å². The zero-order valence-corrected chi connectivity index (χ0v) is 10.2. The zero-order chi connectivity index (χ0) is 11.8. The third-order valence-corrected chi connectivity index (χ3v) is 3.15. The average Bonchev–Trinajstić information content (AvgIpc) is 2.71. The van der Waals surface area contributed by atoms with E-state index in [9.17, 15) is 4.39 Å². The minimum absolute atomic E-state index is 0.277. The molecular weight excluding hydrogens is 285 g/mol. The normalized spacial score (nSPS) is 10.9. The van der Waals surface area contributed by atoms with Crippen molar-refractivity contribution in [2.24, 2.45) is 0 Å². The molecule has 0 aliphatic carbocycles. The summed E-state index contributed by atoms with van der Waals surface area (Å²) in [5.74, 6) is -0.277. The summed E-state index contributed by atoms with van der Waals surface area (Å²) < 4.78 is 14.1. The third kappa shape index (κ3) is 1.72. The van der Waals surface area contributed by atoms with Gasteiger partial charge in [-0.3, -0.25) is 0 Å². The van der Waals surface area contributed by atoms with Gasteiger partial charge in [0.05, 0.1) is 11.1 Å². The number of aromatic nitrogens is 3. The highest BCUT2D eigenvalue weighted by Gasteiger charge is 2.11. The van der Waals surface area contributed by atoms with Gasteiger partial charge in [0, 0.05) is 16.2 Å². The van der Waals surface area contributed by atoms with Crippen molar-refractivity contribution in [3.05, 3.63) is 47.1 Å². The average molecular weight is 292 g/mol. The quantitative estimate of drug-likeness (QED) is 0.745. The minimum atomic E-state index is -0.277. The van der Waals surface area contributed by atoms with E-state index in [-0.39, 0.29) is 5.82 Å². The van der Waals surface area contributed by atoms with Crippen molar-refractivity contribution in [3.8, 4) is 11.3 Å². The second-order valence-electron chi connectivity index (χ2n) is 3.59. The number of nitrogens with one attached hydrogen (secondary N) is 1. The first-order valence-electron chi connectivity index (χ1n) is 4.99. The molecule has 0 saturated heterocycles. The number of nitrogens with zero attached hydrogens (tertiary/aromatic N) is 2. The van der Waals surface area contributed by atoms with E-state index in [0.717, 1.165) is 21.1 Å². The van der Waals surface area contributed by atoms with Gasteiger partial charge in [0.2, 0.25) is 0 Å². The monoisotopic (exact) mass is 291 g/mol. The molecule has 0 atom stereocenters. The maximum Gasteiger partial charge on any atom is 0.142 e. The standard InChI is InChI=1S/C12H7BrFN3/c13-9-5-15-12-10(9)11(16-6-17-12)7-2-1-3-8(14)4-7/h1-6H,(H,15,16,17). The summed E-state index contributed by atoms with van der Waals surface area (Å²) in [6.45, 7) is 0. The van der Waals surface area contributed by atoms with Gasteiger partial charge >= 0.3 is 0 Å². The zero-order valence-electron chi connectivity index (χ0n) is 8.61. The van der Waals surface area contributed by atoms with Crippen LogP contribution in [0.2, 0.25) is 0 Å². The number of benzene rings is 1. The molecule has 1 N–H and O–H groups in total.